The fourth-order valence-electron chi connectivity index (χ4n) is 4.95. The molecule has 159 valence electrons. The van der Waals surface area contributed by atoms with Gasteiger partial charge in [-0.15, -0.1) is 0 Å². The summed E-state index contributed by atoms with van der Waals surface area (Å²) in [6, 6.07) is 0. The predicted octanol–water partition coefficient (Wildman–Crippen LogP) is 9.90. The van der Waals surface area contributed by atoms with Crippen molar-refractivity contribution in [1.29, 1.82) is 0 Å². The highest BCUT2D eigenvalue weighted by Gasteiger charge is 2.18. The third kappa shape index (κ3) is 15.6. The minimum atomic E-state index is 0.922. The maximum Gasteiger partial charge on any atom is 0.117 e. The van der Waals surface area contributed by atoms with Crippen LogP contribution in [0, 0.1) is 0 Å². The molecule has 0 aliphatic heterocycles. The van der Waals surface area contributed by atoms with Crippen molar-refractivity contribution in [1.82, 2.24) is 0 Å². The highest BCUT2D eigenvalue weighted by Crippen LogP contribution is 2.32. The van der Waals surface area contributed by atoms with E-state index >= 15 is 0 Å². The summed E-state index contributed by atoms with van der Waals surface area (Å²) in [6.07, 6.45) is 32.3. The lowest BCUT2D eigenvalue weighted by molar-refractivity contribution is 0.491. The van der Waals surface area contributed by atoms with Crippen molar-refractivity contribution < 1.29 is 0 Å². The van der Waals surface area contributed by atoms with Gasteiger partial charge in [-0.3, -0.25) is 0 Å². The van der Waals surface area contributed by atoms with Crippen LogP contribution in [-0.2, 0) is 0 Å². The topological polar surface area (TPSA) is 0 Å². The Morgan fingerprint density at radius 1 is 0.556 bits per heavy atom. The Kier molecular flexibility index (Phi) is 18.0. The van der Waals surface area contributed by atoms with Crippen LogP contribution in [0.25, 0.3) is 0 Å². The van der Waals surface area contributed by atoms with Crippen molar-refractivity contribution in [3.8, 4) is 0 Å². The van der Waals surface area contributed by atoms with Gasteiger partial charge in [0.15, 0.2) is 0 Å². The van der Waals surface area contributed by atoms with Crippen LogP contribution in [0.15, 0.2) is 0 Å². The molecule has 1 radical (unpaired) electrons. The maximum atomic E-state index is 2.87. The average Bonchev–Trinajstić information content (AvgIpc) is 2.69. The average molecular weight is 376 g/mol. The van der Waals surface area contributed by atoms with E-state index in [0.717, 1.165) is 11.6 Å². The Morgan fingerprint density at radius 3 is 1.44 bits per heavy atom. The molecule has 0 saturated heterocycles. The van der Waals surface area contributed by atoms with Crippen molar-refractivity contribution in [2.75, 3.05) is 0 Å². The van der Waals surface area contributed by atoms with E-state index < -0.39 is 0 Å². The Labute approximate surface area is 174 Å². The number of hydrogen-bond donors (Lipinski definition) is 0. The van der Waals surface area contributed by atoms with Gasteiger partial charge in [0.05, 0.1) is 0 Å². The second kappa shape index (κ2) is 19.4. The zero-order chi connectivity index (χ0) is 19.4. The second-order valence-corrected chi connectivity index (χ2v) is 9.52. The molecule has 0 heterocycles. The Morgan fingerprint density at radius 2 is 0.963 bits per heavy atom. The summed E-state index contributed by atoms with van der Waals surface area (Å²) < 4.78 is 0. The monoisotopic (exact) mass is 375 g/mol. The fourth-order valence-corrected chi connectivity index (χ4v) is 4.95. The first-order valence-corrected chi connectivity index (χ1v) is 13.2. The van der Waals surface area contributed by atoms with Gasteiger partial charge in [0.2, 0.25) is 0 Å². The van der Waals surface area contributed by atoms with E-state index in [2.05, 4.69) is 21.1 Å². The van der Waals surface area contributed by atoms with Crippen LogP contribution in [0.3, 0.4) is 0 Å². The fraction of sp³-hybridized carbons (Fsp3) is 1.00. The number of rotatable bonds is 15. The van der Waals surface area contributed by atoms with Crippen LogP contribution in [0.4, 0.5) is 0 Å². The van der Waals surface area contributed by atoms with Crippen LogP contribution in [0.2, 0.25) is 11.6 Å². The first kappa shape index (κ1) is 25.1. The maximum absolute atomic E-state index is 2.87. The van der Waals surface area contributed by atoms with E-state index in [9.17, 15) is 0 Å². The third-order valence-corrected chi connectivity index (χ3v) is 6.80. The zero-order valence-corrected chi connectivity index (χ0v) is 19.3. The molecule has 0 N–H and O–H groups in total. The molecule has 0 aromatic carbocycles. The normalized spacial score (nSPS) is 18.3. The summed E-state index contributed by atoms with van der Waals surface area (Å²) in [5, 5.41) is 0. The molecular weight excluding hydrogens is 323 g/mol. The van der Waals surface area contributed by atoms with Crippen molar-refractivity contribution in [2.45, 2.75) is 167 Å². The van der Waals surface area contributed by atoms with Gasteiger partial charge in [0.1, 0.15) is 7.28 Å². The highest BCUT2D eigenvalue weighted by atomic mass is 14.1. The van der Waals surface area contributed by atoms with Gasteiger partial charge >= 0.3 is 0 Å². The molecule has 0 nitrogen and oxygen atoms in total. The lowest BCUT2D eigenvalue weighted by Crippen LogP contribution is -2.13. The van der Waals surface area contributed by atoms with Gasteiger partial charge in [-0.1, -0.05) is 167 Å². The highest BCUT2D eigenvalue weighted by molar-refractivity contribution is 6.39. The van der Waals surface area contributed by atoms with Crippen LogP contribution in [-0.4, -0.2) is 7.28 Å². The molecule has 1 heteroatoms. The van der Waals surface area contributed by atoms with E-state index in [0.29, 0.717) is 0 Å². The predicted molar refractivity (Wildman–Crippen MR) is 126 cm³/mol. The zero-order valence-electron chi connectivity index (χ0n) is 19.3. The summed E-state index contributed by atoms with van der Waals surface area (Å²) in [7, 11) is 2.87. The van der Waals surface area contributed by atoms with Crippen molar-refractivity contribution in [3.63, 3.8) is 0 Å². The van der Waals surface area contributed by atoms with Gasteiger partial charge in [0, 0.05) is 0 Å². The molecule has 1 rings (SSSR count). The smallest absolute Gasteiger partial charge is 0.0686 e. The summed E-state index contributed by atoms with van der Waals surface area (Å²) in [5.41, 5.74) is 0. The lowest BCUT2D eigenvalue weighted by atomic mass is 9.50. The SMILES string of the molecule is CCCCCCCCC([B]C1CCCCCCCCC1)CCCCCCC. The summed E-state index contributed by atoms with van der Waals surface area (Å²) in [4.78, 5) is 0. The lowest BCUT2D eigenvalue weighted by Gasteiger charge is -2.24. The van der Waals surface area contributed by atoms with Gasteiger partial charge in [-0.2, -0.15) is 0 Å². The molecule has 0 aromatic heterocycles. The van der Waals surface area contributed by atoms with Crippen LogP contribution in [0.1, 0.15) is 155 Å². The van der Waals surface area contributed by atoms with E-state index in [1.165, 1.54) is 141 Å². The molecule has 0 amide bonds. The summed E-state index contributed by atoms with van der Waals surface area (Å²) >= 11 is 0. The molecule has 1 atom stereocenters. The molecule has 1 aliphatic rings. The Bertz CT molecular complexity index is 278. The quantitative estimate of drug-likeness (QED) is 0.197. The largest absolute Gasteiger partial charge is 0.117 e. The molecule has 1 unspecified atom stereocenters. The van der Waals surface area contributed by atoms with E-state index in [-0.39, 0.29) is 0 Å². The van der Waals surface area contributed by atoms with Crippen molar-refractivity contribution in [2.24, 2.45) is 0 Å². The van der Waals surface area contributed by atoms with Gasteiger partial charge in [0.25, 0.3) is 0 Å². The molecule has 27 heavy (non-hydrogen) atoms. The third-order valence-electron chi connectivity index (χ3n) is 6.80. The van der Waals surface area contributed by atoms with Gasteiger partial charge in [-0.05, 0) is 0 Å². The van der Waals surface area contributed by atoms with Gasteiger partial charge in [-0.25, -0.2) is 0 Å². The first-order chi connectivity index (χ1) is 13.4. The van der Waals surface area contributed by atoms with Gasteiger partial charge < -0.3 is 0 Å². The van der Waals surface area contributed by atoms with Crippen LogP contribution < -0.4 is 0 Å². The van der Waals surface area contributed by atoms with E-state index in [1.807, 2.05) is 0 Å². The standard InChI is InChI=1S/C26H52B/c1-3-5-7-9-14-18-22-25(21-17-13-8-6-4-2)27-26-23-19-15-11-10-12-16-20-24-26/h25-26H,3-24H2,1-2H3. The summed E-state index contributed by atoms with van der Waals surface area (Å²) in [5.74, 6) is 1.86. The van der Waals surface area contributed by atoms with E-state index in [4.69, 9.17) is 0 Å². The Balaban J connectivity index is 2.33. The minimum Gasteiger partial charge on any atom is -0.0686 e. The van der Waals surface area contributed by atoms with Crippen molar-refractivity contribution >= 4 is 7.28 Å². The van der Waals surface area contributed by atoms with Crippen LogP contribution in [0.5, 0.6) is 0 Å². The number of unbranched alkanes of at least 4 members (excludes halogenated alkanes) is 9. The molecule has 0 aromatic rings. The molecule has 1 fully saturated rings. The number of hydrogen-bond acceptors (Lipinski definition) is 0. The molecular formula is C26H52B. The molecule has 0 bridgehead atoms. The van der Waals surface area contributed by atoms with E-state index in [1.54, 1.807) is 0 Å². The second-order valence-electron chi connectivity index (χ2n) is 9.52. The summed E-state index contributed by atoms with van der Waals surface area (Å²) in [6.45, 7) is 4.65. The Hall–Kier alpha value is 0.0649. The molecule has 0 spiro atoms. The van der Waals surface area contributed by atoms with Crippen molar-refractivity contribution in [3.05, 3.63) is 0 Å². The molecule has 1 saturated carbocycles. The first-order valence-electron chi connectivity index (χ1n) is 13.2. The molecule has 1 aliphatic carbocycles. The minimum absolute atomic E-state index is 0.922. The van der Waals surface area contributed by atoms with Crippen LogP contribution >= 0.6 is 0 Å².